The summed E-state index contributed by atoms with van der Waals surface area (Å²) >= 11 is 0. The fraction of sp³-hybridized carbons (Fsp3) is 0.600. The first-order valence-electron chi connectivity index (χ1n) is 6.79. The summed E-state index contributed by atoms with van der Waals surface area (Å²) in [5.74, 6) is 0. The highest BCUT2D eigenvalue weighted by atomic mass is 14.9. The Hall–Kier alpha value is -0.860. The van der Waals surface area contributed by atoms with Crippen LogP contribution in [0.2, 0.25) is 0 Å². The van der Waals surface area contributed by atoms with E-state index in [9.17, 15) is 0 Å². The van der Waals surface area contributed by atoms with E-state index in [0.29, 0.717) is 12.1 Å². The first kappa shape index (κ1) is 12.6. The van der Waals surface area contributed by atoms with E-state index in [1.165, 1.54) is 36.8 Å². The Bertz CT molecular complexity index is 341. The summed E-state index contributed by atoms with van der Waals surface area (Å²) in [4.78, 5) is 0. The summed E-state index contributed by atoms with van der Waals surface area (Å²) in [6.45, 7) is 3.28. The van der Waals surface area contributed by atoms with Gasteiger partial charge in [-0.15, -0.1) is 0 Å². The molecule has 17 heavy (non-hydrogen) atoms. The van der Waals surface area contributed by atoms with Crippen LogP contribution in [0, 0.1) is 6.92 Å². The summed E-state index contributed by atoms with van der Waals surface area (Å²) in [6, 6.07) is 9.79. The molecule has 2 rings (SSSR count). The highest BCUT2D eigenvalue weighted by molar-refractivity contribution is 5.25. The van der Waals surface area contributed by atoms with E-state index >= 15 is 0 Å². The number of nitrogens with two attached hydrogens (primary N) is 1. The van der Waals surface area contributed by atoms with Crippen LogP contribution in [0.4, 0.5) is 0 Å². The highest BCUT2D eigenvalue weighted by Crippen LogP contribution is 2.17. The van der Waals surface area contributed by atoms with Crippen molar-refractivity contribution in [2.75, 3.05) is 6.54 Å². The van der Waals surface area contributed by atoms with Gasteiger partial charge in [-0.2, -0.15) is 0 Å². The zero-order valence-electron chi connectivity index (χ0n) is 10.8. The fourth-order valence-corrected chi connectivity index (χ4v) is 2.62. The van der Waals surface area contributed by atoms with Crippen LogP contribution < -0.4 is 11.1 Å². The maximum atomic E-state index is 5.91. The number of nitrogens with one attached hydrogen (secondary N) is 1. The molecule has 1 aliphatic carbocycles. The van der Waals surface area contributed by atoms with Crippen LogP contribution >= 0.6 is 0 Å². The van der Waals surface area contributed by atoms with Crippen molar-refractivity contribution in [2.45, 2.75) is 51.1 Å². The standard InChI is InChI=1S/C15H24N2/c1-12-4-2-3-5-13(12)10-11-17-15-8-6-14(16)7-9-15/h2-5,14-15,17H,6-11,16H2,1H3. The molecule has 0 aromatic heterocycles. The van der Waals surface area contributed by atoms with Crippen LogP contribution in [0.1, 0.15) is 36.8 Å². The number of rotatable bonds is 4. The molecule has 1 aliphatic rings. The Morgan fingerprint density at radius 2 is 1.88 bits per heavy atom. The van der Waals surface area contributed by atoms with Gasteiger partial charge in [-0.05, 0) is 56.7 Å². The molecule has 0 amide bonds. The van der Waals surface area contributed by atoms with Gasteiger partial charge >= 0.3 is 0 Å². The van der Waals surface area contributed by atoms with Crippen LogP contribution in [-0.4, -0.2) is 18.6 Å². The molecule has 1 aromatic rings. The smallest absolute Gasteiger partial charge is 0.00683 e. The van der Waals surface area contributed by atoms with Gasteiger partial charge in [0.15, 0.2) is 0 Å². The second-order valence-corrected chi connectivity index (χ2v) is 5.24. The van der Waals surface area contributed by atoms with Crippen molar-refractivity contribution in [2.24, 2.45) is 5.73 Å². The van der Waals surface area contributed by atoms with Gasteiger partial charge in [0.1, 0.15) is 0 Å². The third-order valence-electron chi connectivity index (χ3n) is 3.86. The van der Waals surface area contributed by atoms with Gasteiger partial charge in [0.25, 0.3) is 0 Å². The summed E-state index contributed by atoms with van der Waals surface area (Å²) in [5.41, 5.74) is 8.78. The molecule has 94 valence electrons. The van der Waals surface area contributed by atoms with Crippen molar-refractivity contribution >= 4 is 0 Å². The lowest BCUT2D eigenvalue weighted by Gasteiger charge is -2.27. The summed E-state index contributed by atoms with van der Waals surface area (Å²) in [6.07, 6.45) is 5.99. The summed E-state index contributed by atoms with van der Waals surface area (Å²) in [7, 11) is 0. The monoisotopic (exact) mass is 232 g/mol. The predicted molar refractivity (Wildman–Crippen MR) is 73.1 cm³/mol. The molecule has 0 heterocycles. The lowest BCUT2D eigenvalue weighted by atomic mass is 9.92. The van der Waals surface area contributed by atoms with Gasteiger partial charge in [-0.1, -0.05) is 24.3 Å². The largest absolute Gasteiger partial charge is 0.328 e. The molecule has 0 spiro atoms. The summed E-state index contributed by atoms with van der Waals surface area (Å²) in [5, 5.41) is 3.66. The van der Waals surface area contributed by atoms with Crippen molar-refractivity contribution in [1.29, 1.82) is 0 Å². The average molecular weight is 232 g/mol. The molecular formula is C15H24N2. The average Bonchev–Trinajstić information content (AvgIpc) is 2.34. The second-order valence-electron chi connectivity index (χ2n) is 5.24. The van der Waals surface area contributed by atoms with Crippen LogP contribution in [0.15, 0.2) is 24.3 Å². The zero-order valence-corrected chi connectivity index (χ0v) is 10.8. The number of hydrogen-bond acceptors (Lipinski definition) is 2. The first-order chi connectivity index (χ1) is 8.25. The van der Waals surface area contributed by atoms with E-state index < -0.39 is 0 Å². The van der Waals surface area contributed by atoms with Crippen LogP contribution in [-0.2, 0) is 6.42 Å². The molecule has 2 nitrogen and oxygen atoms in total. The lowest BCUT2D eigenvalue weighted by Crippen LogP contribution is -2.38. The Morgan fingerprint density at radius 3 is 2.59 bits per heavy atom. The van der Waals surface area contributed by atoms with E-state index in [0.717, 1.165) is 13.0 Å². The Labute approximate surface area is 105 Å². The van der Waals surface area contributed by atoms with Gasteiger partial charge in [-0.25, -0.2) is 0 Å². The van der Waals surface area contributed by atoms with Crippen molar-refractivity contribution in [3.63, 3.8) is 0 Å². The lowest BCUT2D eigenvalue weighted by molar-refractivity contribution is 0.344. The molecule has 0 saturated heterocycles. The third-order valence-corrected chi connectivity index (χ3v) is 3.86. The van der Waals surface area contributed by atoms with Crippen molar-refractivity contribution < 1.29 is 0 Å². The quantitative estimate of drug-likeness (QED) is 0.836. The van der Waals surface area contributed by atoms with Crippen molar-refractivity contribution in [3.8, 4) is 0 Å². The van der Waals surface area contributed by atoms with E-state index in [2.05, 4.69) is 36.5 Å². The normalized spacial score (nSPS) is 24.8. The Balaban J connectivity index is 1.71. The molecule has 0 radical (unpaired) electrons. The van der Waals surface area contributed by atoms with Gasteiger partial charge in [0.05, 0.1) is 0 Å². The van der Waals surface area contributed by atoms with Crippen molar-refractivity contribution in [1.82, 2.24) is 5.32 Å². The fourth-order valence-electron chi connectivity index (χ4n) is 2.62. The molecular weight excluding hydrogens is 208 g/mol. The van der Waals surface area contributed by atoms with E-state index in [4.69, 9.17) is 5.73 Å². The first-order valence-corrected chi connectivity index (χ1v) is 6.79. The minimum absolute atomic E-state index is 0.449. The second kappa shape index (κ2) is 6.18. The molecule has 0 bridgehead atoms. The topological polar surface area (TPSA) is 38.0 Å². The molecule has 0 aliphatic heterocycles. The zero-order chi connectivity index (χ0) is 12.1. The maximum absolute atomic E-state index is 5.91. The molecule has 1 fully saturated rings. The van der Waals surface area contributed by atoms with Gasteiger partial charge in [-0.3, -0.25) is 0 Å². The SMILES string of the molecule is Cc1ccccc1CCNC1CCC(N)CC1. The van der Waals surface area contributed by atoms with E-state index in [-0.39, 0.29) is 0 Å². The Morgan fingerprint density at radius 1 is 1.18 bits per heavy atom. The van der Waals surface area contributed by atoms with Gasteiger partial charge in [0.2, 0.25) is 0 Å². The molecule has 3 N–H and O–H groups in total. The van der Waals surface area contributed by atoms with Gasteiger partial charge in [0, 0.05) is 12.1 Å². The molecule has 0 unspecified atom stereocenters. The van der Waals surface area contributed by atoms with E-state index in [1.54, 1.807) is 0 Å². The third kappa shape index (κ3) is 3.83. The number of benzene rings is 1. The predicted octanol–water partition coefficient (Wildman–Crippen LogP) is 2.40. The number of hydrogen-bond donors (Lipinski definition) is 2. The van der Waals surface area contributed by atoms with Crippen LogP contribution in [0.3, 0.4) is 0 Å². The highest BCUT2D eigenvalue weighted by Gasteiger charge is 2.17. The van der Waals surface area contributed by atoms with Gasteiger partial charge < -0.3 is 11.1 Å². The minimum Gasteiger partial charge on any atom is -0.328 e. The van der Waals surface area contributed by atoms with Crippen molar-refractivity contribution in [3.05, 3.63) is 35.4 Å². The number of aryl methyl sites for hydroxylation is 1. The minimum atomic E-state index is 0.449. The summed E-state index contributed by atoms with van der Waals surface area (Å²) < 4.78 is 0. The Kier molecular flexibility index (Phi) is 4.57. The maximum Gasteiger partial charge on any atom is 0.00683 e. The van der Waals surface area contributed by atoms with Crippen LogP contribution in [0.25, 0.3) is 0 Å². The van der Waals surface area contributed by atoms with E-state index in [1.807, 2.05) is 0 Å². The molecule has 0 atom stereocenters. The van der Waals surface area contributed by atoms with Crippen LogP contribution in [0.5, 0.6) is 0 Å². The molecule has 1 saturated carbocycles. The molecule has 1 aromatic carbocycles. The molecule has 2 heteroatoms.